The summed E-state index contributed by atoms with van der Waals surface area (Å²) in [6, 6.07) is 12.5. The maximum Gasteiger partial charge on any atom is 0.180 e. The zero-order chi connectivity index (χ0) is 10.8. The number of aromatic nitrogens is 3. The van der Waals surface area contributed by atoms with E-state index >= 15 is 0 Å². The van der Waals surface area contributed by atoms with E-state index in [1.807, 2.05) is 18.3 Å². The Balaban J connectivity index is 1.94. The summed E-state index contributed by atoms with van der Waals surface area (Å²) < 4.78 is 2.16. The molecule has 0 aliphatic heterocycles. The Kier molecular flexibility index (Phi) is 2.14. The Labute approximate surface area is 93.4 Å². The maximum atomic E-state index is 4.01. The first-order valence-corrected chi connectivity index (χ1v) is 5.28. The molecule has 1 N–H and O–H groups in total. The van der Waals surface area contributed by atoms with E-state index in [0.717, 1.165) is 17.4 Å². The molecule has 3 heteroatoms. The van der Waals surface area contributed by atoms with Gasteiger partial charge in [0.05, 0.1) is 17.1 Å². The SMILES string of the molecule is c1ccc(C[n+]2ccc3[nH]ncc3c2)cc1. The van der Waals surface area contributed by atoms with E-state index in [4.69, 9.17) is 0 Å². The largest absolute Gasteiger partial charge is 0.277 e. The number of nitrogens with zero attached hydrogens (tertiary/aromatic N) is 2. The molecule has 3 rings (SSSR count). The number of hydrogen-bond donors (Lipinski definition) is 1. The van der Waals surface area contributed by atoms with Crippen LogP contribution in [0.15, 0.2) is 55.0 Å². The number of pyridine rings is 1. The molecule has 0 fully saturated rings. The van der Waals surface area contributed by atoms with Crippen molar-refractivity contribution in [3.05, 3.63) is 60.6 Å². The summed E-state index contributed by atoms with van der Waals surface area (Å²) in [4.78, 5) is 0. The summed E-state index contributed by atoms with van der Waals surface area (Å²) >= 11 is 0. The molecule has 3 aromatic rings. The van der Waals surface area contributed by atoms with Crippen molar-refractivity contribution in [1.29, 1.82) is 0 Å². The molecule has 0 saturated carbocycles. The Morgan fingerprint density at radius 3 is 2.88 bits per heavy atom. The van der Waals surface area contributed by atoms with E-state index in [1.54, 1.807) is 0 Å². The van der Waals surface area contributed by atoms with E-state index < -0.39 is 0 Å². The second kappa shape index (κ2) is 3.77. The molecule has 0 bridgehead atoms. The second-order valence-corrected chi connectivity index (χ2v) is 3.84. The van der Waals surface area contributed by atoms with Crippen LogP contribution in [0, 0.1) is 0 Å². The van der Waals surface area contributed by atoms with Crippen molar-refractivity contribution in [2.24, 2.45) is 0 Å². The van der Waals surface area contributed by atoms with Crippen LogP contribution in [0.5, 0.6) is 0 Å². The Bertz CT molecular complexity index is 599. The summed E-state index contributed by atoms with van der Waals surface area (Å²) in [6.07, 6.45) is 6.01. The molecule has 0 unspecified atom stereocenters. The lowest BCUT2D eigenvalue weighted by atomic mass is 10.2. The van der Waals surface area contributed by atoms with Gasteiger partial charge in [0.1, 0.15) is 0 Å². The van der Waals surface area contributed by atoms with Gasteiger partial charge in [-0.3, -0.25) is 5.10 Å². The van der Waals surface area contributed by atoms with Crippen LogP contribution in [0.1, 0.15) is 5.56 Å². The van der Waals surface area contributed by atoms with Crippen LogP contribution in [-0.4, -0.2) is 10.2 Å². The highest BCUT2D eigenvalue weighted by molar-refractivity contribution is 5.75. The van der Waals surface area contributed by atoms with Crippen molar-refractivity contribution >= 4 is 10.9 Å². The van der Waals surface area contributed by atoms with Gasteiger partial charge in [-0.25, -0.2) is 0 Å². The van der Waals surface area contributed by atoms with Crippen molar-refractivity contribution < 1.29 is 4.57 Å². The highest BCUT2D eigenvalue weighted by Crippen LogP contribution is 2.06. The van der Waals surface area contributed by atoms with Crippen molar-refractivity contribution in [2.45, 2.75) is 6.54 Å². The highest BCUT2D eigenvalue weighted by atomic mass is 15.1. The minimum absolute atomic E-state index is 0.891. The summed E-state index contributed by atoms with van der Waals surface area (Å²) in [5, 5.41) is 8.10. The van der Waals surface area contributed by atoms with Crippen LogP contribution in [0.3, 0.4) is 0 Å². The molecular weight excluding hydrogens is 198 g/mol. The lowest BCUT2D eigenvalue weighted by Crippen LogP contribution is -2.32. The normalized spacial score (nSPS) is 10.8. The lowest BCUT2D eigenvalue weighted by Gasteiger charge is -1.96. The topological polar surface area (TPSA) is 32.6 Å². The second-order valence-electron chi connectivity index (χ2n) is 3.84. The third-order valence-corrected chi connectivity index (χ3v) is 2.65. The summed E-state index contributed by atoms with van der Waals surface area (Å²) in [7, 11) is 0. The van der Waals surface area contributed by atoms with E-state index in [1.165, 1.54) is 5.56 Å². The van der Waals surface area contributed by atoms with Gasteiger partial charge in [0.15, 0.2) is 18.9 Å². The molecule has 16 heavy (non-hydrogen) atoms. The van der Waals surface area contributed by atoms with Crippen LogP contribution >= 0.6 is 0 Å². The van der Waals surface area contributed by atoms with Crippen LogP contribution in [0.25, 0.3) is 10.9 Å². The third kappa shape index (κ3) is 1.67. The van der Waals surface area contributed by atoms with Gasteiger partial charge < -0.3 is 0 Å². The van der Waals surface area contributed by atoms with Crippen molar-refractivity contribution in [3.63, 3.8) is 0 Å². The molecule has 3 nitrogen and oxygen atoms in total. The quantitative estimate of drug-likeness (QED) is 0.644. The van der Waals surface area contributed by atoms with E-state index in [-0.39, 0.29) is 0 Å². The lowest BCUT2D eigenvalue weighted by molar-refractivity contribution is -0.687. The minimum atomic E-state index is 0.891. The Morgan fingerprint density at radius 1 is 1.12 bits per heavy atom. The summed E-state index contributed by atoms with van der Waals surface area (Å²) in [5.74, 6) is 0. The van der Waals surface area contributed by atoms with Crippen LogP contribution < -0.4 is 4.57 Å². The molecular formula is C13H12N3+. The van der Waals surface area contributed by atoms with Gasteiger partial charge in [-0.15, -0.1) is 0 Å². The van der Waals surface area contributed by atoms with Crippen LogP contribution in [0.2, 0.25) is 0 Å². The molecule has 0 aliphatic rings. The predicted octanol–water partition coefficient (Wildman–Crippen LogP) is 1.90. The van der Waals surface area contributed by atoms with Crippen LogP contribution in [0.4, 0.5) is 0 Å². The molecule has 1 aromatic carbocycles. The fourth-order valence-corrected chi connectivity index (χ4v) is 1.83. The average molecular weight is 210 g/mol. The van der Waals surface area contributed by atoms with Crippen molar-refractivity contribution in [1.82, 2.24) is 10.2 Å². The van der Waals surface area contributed by atoms with Gasteiger partial charge in [0, 0.05) is 11.6 Å². The van der Waals surface area contributed by atoms with Gasteiger partial charge in [-0.2, -0.15) is 9.67 Å². The standard InChI is InChI=1S/C13H11N3/c1-2-4-11(5-3-1)9-16-7-6-13-12(10-16)8-14-15-13/h1-8,10H,9H2/p+1. The average Bonchev–Trinajstić information content (AvgIpc) is 2.77. The summed E-state index contributed by atoms with van der Waals surface area (Å²) in [5.41, 5.74) is 2.37. The number of rotatable bonds is 2. The van der Waals surface area contributed by atoms with E-state index in [2.05, 4.69) is 51.4 Å². The number of hydrogen-bond acceptors (Lipinski definition) is 1. The Hall–Kier alpha value is -2.16. The molecule has 0 saturated heterocycles. The van der Waals surface area contributed by atoms with E-state index in [0.29, 0.717) is 0 Å². The minimum Gasteiger partial charge on any atom is -0.277 e. The molecule has 0 amide bonds. The zero-order valence-corrected chi connectivity index (χ0v) is 8.80. The monoisotopic (exact) mass is 210 g/mol. The predicted molar refractivity (Wildman–Crippen MR) is 61.8 cm³/mol. The number of benzene rings is 1. The van der Waals surface area contributed by atoms with Gasteiger partial charge in [-0.1, -0.05) is 30.3 Å². The molecule has 2 aromatic heterocycles. The fraction of sp³-hybridized carbons (Fsp3) is 0.0769. The molecule has 78 valence electrons. The molecule has 0 aliphatic carbocycles. The smallest absolute Gasteiger partial charge is 0.180 e. The first-order chi connectivity index (χ1) is 7.92. The first kappa shape index (κ1) is 9.09. The molecule has 0 spiro atoms. The van der Waals surface area contributed by atoms with Gasteiger partial charge in [-0.05, 0) is 0 Å². The van der Waals surface area contributed by atoms with Crippen LogP contribution in [-0.2, 0) is 6.54 Å². The van der Waals surface area contributed by atoms with E-state index in [9.17, 15) is 0 Å². The van der Waals surface area contributed by atoms with Crippen molar-refractivity contribution in [2.75, 3.05) is 0 Å². The molecule has 0 radical (unpaired) electrons. The van der Waals surface area contributed by atoms with Crippen molar-refractivity contribution in [3.8, 4) is 0 Å². The van der Waals surface area contributed by atoms with Gasteiger partial charge >= 0.3 is 0 Å². The Morgan fingerprint density at radius 2 is 2.00 bits per heavy atom. The third-order valence-electron chi connectivity index (χ3n) is 2.65. The summed E-state index contributed by atoms with van der Waals surface area (Å²) in [6.45, 7) is 0.891. The number of H-pyrrole nitrogens is 1. The zero-order valence-electron chi connectivity index (χ0n) is 8.80. The number of nitrogens with one attached hydrogen (secondary N) is 1. The highest BCUT2D eigenvalue weighted by Gasteiger charge is 2.04. The molecule has 0 atom stereocenters. The number of fused-ring (bicyclic) bond motifs is 1. The number of aromatic amines is 1. The molecule has 2 heterocycles. The fourth-order valence-electron chi connectivity index (χ4n) is 1.83. The maximum absolute atomic E-state index is 4.01. The van der Waals surface area contributed by atoms with Gasteiger partial charge in [0.25, 0.3) is 0 Å². The van der Waals surface area contributed by atoms with Gasteiger partial charge in [0.2, 0.25) is 0 Å². The first-order valence-electron chi connectivity index (χ1n) is 5.28.